The molecule has 0 spiro atoms. The minimum Gasteiger partial charge on any atom is -0.497 e. The van der Waals surface area contributed by atoms with Crippen molar-refractivity contribution < 1.29 is 9.15 Å². The van der Waals surface area contributed by atoms with Gasteiger partial charge < -0.3 is 14.5 Å². The number of nitrogens with one attached hydrogen (secondary N) is 1. The summed E-state index contributed by atoms with van der Waals surface area (Å²) in [6.45, 7) is 1.95. The number of nitrogens with zero attached hydrogens (tertiary/aromatic N) is 2. The van der Waals surface area contributed by atoms with E-state index in [0.717, 1.165) is 33.8 Å². The van der Waals surface area contributed by atoms with Crippen molar-refractivity contribution in [1.29, 1.82) is 0 Å². The number of benzene rings is 2. The van der Waals surface area contributed by atoms with Crippen LogP contribution in [0, 0.1) is 6.92 Å². The van der Waals surface area contributed by atoms with E-state index < -0.39 is 0 Å². The van der Waals surface area contributed by atoms with E-state index >= 15 is 0 Å². The first kappa shape index (κ1) is 15.2. The average molecular weight is 331 g/mol. The lowest BCUT2D eigenvalue weighted by atomic mass is 10.1. The Morgan fingerprint density at radius 1 is 0.960 bits per heavy atom. The van der Waals surface area contributed by atoms with Gasteiger partial charge in [-0.2, -0.15) is 4.98 Å². The number of pyridine rings is 1. The molecular weight excluding hydrogens is 314 g/mol. The fourth-order valence-electron chi connectivity index (χ4n) is 2.72. The van der Waals surface area contributed by atoms with Crippen LogP contribution in [0.1, 0.15) is 5.69 Å². The average Bonchev–Trinajstić information content (AvgIpc) is 3.04. The highest BCUT2D eigenvalue weighted by molar-refractivity contribution is 5.90. The number of methoxy groups -OCH3 is 1. The number of aryl methyl sites for hydroxylation is 1. The van der Waals surface area contributed by atoms with E-state index in [1.807, 2.05) is 55.5 Å². The molecule has 4 aromatic rings. The molecule has 5 heteroatoms. The minimum atomic E-state index is 0.412. The van der Waals surface area contributed by atoms with Crippen molar-refractivity contribution in [2.75, 3.05) is 12.4 Å². The first-order valence-corrected chi connectivity index (χ1v) is 7.97. The molecule has 25 heavy (non-hydrogen) atoms. The van der Waals surface area contributed by atoms with Crippen molar-refractivity contribution in [2.45, 2.75) is 6.92 Å². The largest absolute Gasteiger partial charge is 0.497 e. The lowest BCUT2D eigenvalue weighted by Gasteiger charge is -2.03. The van der Waals surface area contributed by atoms with Crippen LogP contribution in [-0.4, -0.2) is 17.1 Å². The number of ether oxygens (including phenoxy) is 1. The van der Waals surface area contributed by atoms with E-state index in [2.05, 4.69) is 27.4 Å². The van der Waals surface area contributed by atoms with E-state index in [0.29, 0.717) is 11.7 Å². The number of hydrogen-bond donors (Lipinski definition) is 1. The maximum atomic E-state index is 5.81. The SMILES string of the molecule is COc1ccc(Nc2nc3c(-c4ccccc4)cc(C)nc3o2)cc1. The van der Waals surface area contributed by atoms with Gasteiger partial charge in [-0.1, -0.05) is 30.3 Å². The number of aromatic nitrogens is 2. The van der Waals surface area contributed by atoms with Crippen molar-refractivity contribution >= 4 is 22.9 Å². The highest BCUT2D eigenvalue weighted by atomic mass is 16.5. The van der Waals surface area contributed by atoms with Crippen molar-refractivity contribution in [1.82, 2.24) is 9.97 Å². The third kappa shape index (κ3) is 3.04. The smallest absolute Gasteiger partial charge is 0.301 e. The van der Waals surface area contributed by atoms with Crippen LogP contribution in [0.5, 0.6) is 5.75 Å². The zero-order chi connectivity index (χ0) is 17.2. The first-order chi connectivity index (χ1) is 12.2. The van der Waals surface area contributed by atoms with Crippen LogP contribution in [0.15, 0.2) is 65.1 Å². The summed E-state index contributed by atoms with van der Waals surface area (Å²) in [7, 11) is 1.64. The molecule has 0 radical (unpaired) electrons. The topological polar surface area (TPSA) is 60.2 Å². The van der Waals surface area contributed by atoms with Crippen LogP contribution in [0.4, 0.5) is 11.7 Å². The van der Waals surface area contributed by atoms with E-state index in [9.17, 15) is 0 Å². The third-order valence-corrected chi connectivity index (χ3v) is 3.92. The standard InChI is InChI=1S/C20H17N3O2/c1-13-12-17(14-6-4-3-5-7-14)18-19(21-13)25-20(23-18)22-15-8-10-16(24-2)11-9-15/h3-12H,1-2H3,(H,22,23). The second-order valence-corrected chi connectivity index (χ2v) is 5.70. The predicted molar refractivity (Wildman–Crippen MR) is 98.3 cm³/mol. The third-order valence-electron chi connectivity index (χ3n) is 3.92. The summed E-state index contributed by atoms with van der Waals surface area (Å²) in [5, 5.41) is 3.17. The van der Waals surface area contributed by atoms with Gasteiger partial charge in [0.05, 0.1) is 7.11 Å². The molecule has 0 saturated carbocycles. The zero-order valence-electron chi connectivity index (χ0n) is 14.0. The lowest BCUT2D eigenvalue weighted by Crippen LogP contribution is -1.90. The maximum Gasteiger partial charge on any atom is 0.301 e. The van der Waals surface area contributed by atoms with E-state index in [-0.39, 0.29) is 0 Å². The van der Waals surface area contributed by atoms with Gasteiger partial charge in [-0.05, 0) is 42.8 Å². The quantitative estimate of drug-likeness (QED) is 0.573. The highest BCUT2D eigenvalue weighted by Gasteiger charge is 2.14. The molecular formula is C20H17N3O2. The Kier molecular flexibility index (Phi) is 3.82. The Labute approximate surface area is 145 Å². The van der Waals surface area contributed by atoms with Crippen LogP contribution >= 0.6 is 0 Å². The number of rotatable bonds is 4. The van der Waals surface area contributed by atoms with Crippen LogP contribution in [0.3, 0.4) is 0 Å². The molecule has 0 atom stereocenters. The second kappa shape index (κ2) is 6.28. The van der Waals surface area contributed by atoms with E-state index in [1.165, 1.54) is 0 Å². The Bertz CT molecular complexity index is 1010. The molecule has 5 nitrogen and oxygen atoms in total. The highest BCUT2D eigenvalue weighted by Crippen LogP contribution is 2.30. The monoisotopic (exact) mass is 331 g/mol. The summed E-state index contributed by atoms with van der Waals surface area (Å²) in [4.78, 5) is 9.06. The van der Waals surface area contributed by atoms with Gasteiger partial charge in [-0.15, -0.1) is 0 Å². The molecule has 2 aromatic heterocycles. The predicted octanol–water partition coefficient (Wildman–Crippen LogP) is 4.95. The molecule has 2 aromatic carbocycles. The van der Waals surface area contributed by atoms with Crippen LogP contribution < -0.4 is 10.1 Å². The fourth-order valence-corrected chi connectivity index (χ4v) is 2.72. The summed E-state index contributed by atoms with van der Waals surface area (Å²) in [5.41, 5.74) is 5.11. The van der Waals surface area contributed by atoms with Gasteiger partial charge in [0, 0.05) is 16.9 Å². The molecule has 1 N–H and O–H groups in total. The molecule has 2 heterocycles. The number of anilines is 2. The fraction of sp³-hybridized carbons (Fsp3) is 0.100. The van der Waals surface area contributed by atoms with Crippen LogP contribution in [-0.2, 0) is 0 Å². The van der Waals surface area contributed by atoms with Gasteiger partial charge in [-0.3, -0.25) is 0 Å². The van der Waals surface area contributed by atoms with Crippen molar-refractivity contribution in [3.8, 4) is 16.9 Å². The summed E-state index contributed by atoms with van der Waals surface area (Å²) in [6.07, 6.45) is 0. The van der Waals surface area contributed by atoms with Crippen molar-refractivity contribution in [3.05, 3.63) is 66.4 Å². The summed E-state index contributed by atoms with van der Waals surface area (Å²) in [6, 6.07) is 20.1. The van der Waals surface area contributed by atoms with Gasteiger partial charge in [0.1, 0.15) is 11.3 Å². The number of oxazole rings is 1. The molecule has 0 aliphatic carbocycles. The molecule has 4 rings (SSSR count). The van der Waals surface area contributed by atoms with Crippen molar-refractivity contribution in [2.24, 2.45) is 0 Å². The first-order valence-electron chi connectivity index (χ1n) is 7.97. The molecule has 0 aliphatic rings. The van der Waals surface area contributed by atoms with Gasteiger partial charge >= 0.3 is 6.01 Å². The Balaban J connectivity index is 1.74. The van der Waals surface area contributed by atoms with Gasteiger partial charge in [-0.25, -0.2) is 4.98 Å². The lowest BCUT2D eigenvalue weighted by molar-refractivity contribution is 0.415. The minimum absolute atomic E-state index is 0.412. The molecule has 0 aliphatic heterocycles. The van der Waals surface area contributed by atoms with Gasteiger partial charge in [0.15, 0.2) is 0 Å². The normalized spacial score (nSPS) is 10.8. The molecule has 0 saturated heterocycles. The van der Waals surface area contributed by atoms with E-state index in [1.54, 1.807) is 7.11 Å². The zero-order valence-corrected chi connectivity index (χ0v) is 14.0. The number of hydrogen-bond acceptors (Lipinski definition) is 5. The van der Waals surface area contributed by atoms with Gasteiger partial charge in [0.25, 0.3) is 0 Å². The van der Waals surface area contributed by atoms with Gasteiger partial charge in [0.2, 0.25) is 5.71 Å². The molecule has 0 amide bonds. The molecule has 0 unspecified atom stereocenters. The Morgan fingerprint density at radius 2 is 1.72 bits per heavy atom. The summed E-state index contributed by atoms with van der Waals surface area (Å²) < 4.78 is 11.0. The Hall–Kier alpha value is -3.34. The summed E-state index contributed by atoms with van der Waals surface area (Å²) >= 11 is 0. The number of fused-ring (bicyclic) bond motifs is 1. The van der Waals surface area contributed by atoms with Crippen LogP contribution in [0.25, 0.3) is 22.4 Å². The molecule has 124 valence electrons. The molecule has 0 fully saturated rings. The maximum absolute atomic E-state index is 5.81. The Morgan fingerprint density at radius 3 is 2.44 bits per heavy atom. The molecule has 0 bridgehead atoms. The summed E-state index contributed by atoms with van der Waals surface area (Å²) in [5.74, 6) is 0.798. The van der Waals surface area contributed by atoms with Crippen molar-refractivity contribution in [3.63, 3.8) is 0 Å². The van der Waals surface area contributed by atoms with Crippen LogP contribution in [0.2, 0.25) is 0 Å². The second-order valence-electron chi connectivity index (χ2n) is 5.70. The van der Waals surface area contributed by atoms with E-state index in [4.69, 9.17) is 9.15 Å².